The van der Waals surface area contributed by atoms with E-state index in [9.17, 15) is 0 Å². The van der Waals surface area contributed by atoms with Crippen LogP contribution in [0.3, 0.4) is 0 Å². The Morgan fingerprint density at radius 2 is 1.90 bits per heavy atom. The van der Waals surface area contributed by atoms with Gasteiger partial charge in [-0.15, -0.1) is 0 Å². The minimum Gasteiger partial charge on any atom is -0.354 e. The summed E-state index contributed by atoms with van der Waals surface area (Å²) in [5.74, 6) is 1.29. The molecule has 3 N–H and O–H groups in total. The van der Waals surface area contributed by atoms with Crippen molar-refractivity contribution in [2.45, 2.75) is 20.3 Å². The van der Waals surface area contributed by atoms with Crippen LogP contribution < -0.4 is 10.6 Å². The minimum atomic E-state index is 0.574. The van der Waals surface area contributed by atoms with Crippen molar-refractivity contribution < 1.29 is 0 Å². The second-order valence-electron chi connectivity index (χ2n) is 4.70. The molecule has 0 amide bonds. The molecule has 0 radical (unpaired) electrons. The molecule has 3 aromatic rings. The zero-order chi connectivity index (χ0) is 14.7. The van der Waals surface area contributed by atoms with E-state index in [0.717, 1.165) is 30.0 Å². The fourth-order valence-electron chi connectivity index (χ4n) is 2.12. The smallest absolute Gasteiger partial charge is 0.226 e. The molecule has 3 rings (SSSR count). The Morgan fingerprint density at radius 3 is 2.62 bits per heavy atom. The summed E-state index contributed by atoms with van der Waals surface area (Å²) in [5.41, 5.74) is 3.75. The van der Waals surface area contributed by atoms with Gasteiger partial charge in [-0.3, -0.25) is 0 Å². The fourth-order valence-corrected chi connectivity index (χ4v) is 2.12. The minimum absolute atomic E-state index is 0.574. The summed E-state index contributed by atoms with van der Waals surface area (Å²) in [6.07, 6.45) is 2.66. The quantitative estimate of drug-likeness (QED) is 0.670. The van der Waals surface area contributed by atoms with Gasteiger partial charge in [-0.05, 0) is 31.0 Å². The average Bonchev–Trinajstić information content (AvgIpc) is 2.97. The Bertz CT molecular complexity index is 732. The zero-order valence-corrected chi connectivity index (χ0v) is 12.1. The number of fused-ring (bicyclic) bond motifs is 1. The van der Waals surface area contributed by atoms with Gasteiger partial charge in [0.05, 0.1) is 6.33 Å². The van der Waals surface area contributed by atoms with Crippen LogP contribution in [0, 0.1) is 0 Å². The number of nitrogens with one attached hydrogen (secondary N) is 3. The molecule has 2 aromatic heterocycles. The van der Waals surface area contributed by atoms with Crippen LogP contribution in [0.1, 0.15) is 19.4 Å². The van der Waals surface area contributed by atoms with Gasteiger partial charge in [0.15, 0.2) is 11.5 Å². The molecule has 2 heterocycles. The van der Waals surface area contributed by atoms with E-state index in [1.807, 2.05) is 6.92 Å². The third-order valence-electron chi connectivity index (χ3n) is 3.25. The van der Waals surface area contributed by atoms with Gasteiger partial charge >= 0.3 is 0 Å². The van der Waals surface area contributed by atoms with Crippen LogP contribution in [0.15, 0.2) is 30.6 Å². The predicted octanol–water partition coefficient (Wildman–Crippen LogP) is 3.09. The summed E-state index contributed by atoms with van der Waals surface area (Å²) in [4.78, 5) is 16.1. The third kappa shape index (κ3) is 2.79. The first-order valence-corrected chi connectivity index (χ1v) is 7.11. The number of imidazole rings is 1. The van der Waals surface area contributed by atoms with Gasteiger partial charge in [0.2, 0.25) is 5.95 Å². The molecule has 0 bridgehead atoms. The highest BCUT2D eigenvalue weighted by Gasteiger charge is 2.09. The number of rotatable bonds is 5. The van der Waals surface area contributed by atoms with Crippen LogP contribution in [-0.4, -0.2) is 26.5 Å². The number of H-pyrrole nitrogens is 1. The molecule has 0 spiro atoms. The fraction of sp³-hybridized carbons (Fsp3) is 0.267. The highest BCUT2D eigenvalue weighted by Crippen LogP contribution is 2.23. The van der Waals surface area contributed by atoms with Crippen LogP contribution in [0.25, 0.3) is 11.2 Å². The number of nitrogens with zero attached hydrogens (tertiary/aromatic N) is 3. The monoisotopic (exact) mass is 282 g/mol. The van der Waals surface area contributed by atoms with Gasteiger partial charge in [0.25, 0.3) is 0 Å². The molecule has 0 atom stereocenters. The predicted molar refractivity (Wildman–Crippen MR) is 85.0 cm³/mol. The third-order valence-corrected chi connectivity index (χ3v) is 3.25. The van der Waals surface area contributed by atoms with E-state index in [-0.39, 0.29) is 0 Å². The molecule has 0 unspecified atom stereocenters. The molecule has 0 saturated carbocycles. The molecule has 0 aliphatic carbocycles. The van der Waals surface area contributed by atoms with Crippen molar-refractivity contribution in [2.24, 2.45) is 0 Å². The van der Waals surface area contributed by atoms with Gasteiger partial charge in [0.1, 0.15) is 5.52 Å². The topological polar surface area (TPSA) is 78.5 Å². The van der Waals surface area contributed by atoms with E-state index < -0.39 is 0 Å². The average molecular weight is 282 g/mol. The van der Waals surface area contributed by atoms with Gasteiger partial charge in [-0.2, -0.15) is 9.97 Å². The highest BCUT2D eigenvalue weighted by atomic mass is 15.2. The van der Waals surface area contributed by atoms with E-state index in [1.165, 1.54) is 5.56 Å². The molecule has 108 valence electrons. The first-order valence-electron chi connectivity index (χ1n) is 7.11. The number of aromatic amines is 1. The maximum atomic E-state index is 4.50. The lowest BCUT2D eigenvalue weighted by molar-refractivity contribution is 1.10. The summed E-state index contributed by atoms with van der Waals surface area (Å²) in [7, 11) is 0. The SMILES string of the molecule is CCNc1nc(Nc2ccc(CC)cc2)c2[nH]cnc2n1. The van der Waals surface area contributed by atoms with Gasteiger partial charge in [-0.25, -0.2) is 4.98 Å². The largest absolute Gasteiger partial charge is 0.354 e. The van der Waals surface area contributed by atoms with Crippen molar-refractivity contribution >= 4 is 28.6 Å². The molecular weight excluding hydrogens is 264 g/mol. The molecule has 0 aliphatic heterocycles. The molecule has 6 heteroatoms. The Hall–Kier alpha value is -2.63. The standard InChI is InChI=1S/C15H18N6/c1-3-10-5-7-11(8-6-10)19-14-12-13(18-9-17-12)20-15(21-14)16-4-2/h5-9H,3-4H2,1-2H3,(H3,16,17,18,19,20,21). The van der Waals surface area contributed by atoms with Crippen molar-refractivity contribution in [2.75, 3.05) is 17.2 Å². The summed E-state index contributed by atoms with van der Waals surface area (Å²) >= 11 is 0. The Morgan fingerprint density at radius 1 is 1.10 bits per heavy atom. The van der Waals surface area contributed by atoms with Gasteiger partial charge < -0.3 is 15.6 Å². The van der Waals surface area contributed by atoms with Crippen molar-refractivity contribution in [3.05, 3.63) is 36.2 Å². The number of hydrogen-bond donors (Lipinski definition) is 3. The van der Waals surface area contributed by atoms with Crippen molar-refractivity contribution in [1.29, 1.82) is 0 Å². The second-order valence-corrected chi connectivity index (χ2v) is 4.70. The highest BCUT2D eigenvalue weighted by molar-refractivity contribution is 5.86. The van der Waals surface area contributed by atoms with Crippen LogP contribution in [0.2, 0.25) is 0 Å². The normalized spacial score (nSPS) is 10.8. The molecular formula is C15H18N6. The van der Waals surface area contributed by atoms with Crippen molar-refractivity contribution in [3.8, 4) is 0 Å². The Kier molecular flexibility index (Phi) is 3.68. The number of anilines is 3. The number of aryl methyl sites for hydroxylation is 1. The summed E-state index contributed by atoms with van der Waals surface area (Å²) in [6, 6.07) is 8.32. The Labute approximate surface area is 123 Å². The van der Waals surface area contributed by atoms with E-state index in [4.69, 9.17) is 0 Å². The zero-order valence-electron chi connectivity index (χ0n) is 12.1. The summed E-state index contributed by atoms with van der Waals surface area (Å²) < 4.78 is 0. The number of aromatic nitrogens is 4. The molecule has 6 nitrogen and oxygen atoms in total. The van der Waals surface area contributed by atoms with Gasteiger partial charge in [-0.1, -0.05) is 19.1 Å². The number of hydrogen-bond acceptors (Lipinski definition) is 5. The van der Waals surface area contributed by atoms with Crippen LogP contribution >= 0.6 is 0 Å². The van der Waals surface area contributed by atoms with Crippen LogP contribution in [-0.2, 0) is 6.42 Å². The lowest BCUT2D eigenvalue weighted by Gasteiger charge is -2.09. The molecule has 21 heavy (non-hydrogen) atoms. The Balaban J connectivity index is 1.95. The summed E-state index contributed by atoms with van der Waals surface area (Å²) in [6.45, 7) is 4.92. The maximum absolute atomic E-state index is 4.50. The molecule has 0 saturated heterocycles. The van der Waals surface area contributed by atoms with E-state index in [1.54, 1.807) is 6.33 Å². The van der Waals surface area contributed by atoms with Crippen molar-refractivity contribution in [1.82, 2.24) is 19.9 Å². The lowest BCUT2D eigenvalue weighted by Crippen LogP contribution is -2.05. The van der Waals surface area contributed by atoms with Crippen LogP contribution in [0.4, 0.5) is 17.5 Å². The molecule has 0 aliphatic rings. The summed E-state index contributed by atoms with van der Waals surface area (Å²) in [5, 5.41) is 6.44. The molecule has 1 aromatic carbocycles. The van der Waals surface area contributed by atoms with Gasteiger partial charge in [0, 0.05) is 12.2 Å². The maximum Gasteiger partial charge on any atom is 0.226 e. The van der Waals surface area contributed by atoms with Crippen LogP contribution in [0.5, 0.6) is 0 Å². The lowest BCUT2D eigenvalue weighted by atomic mass is 10.1. The first kappa shape index (κ1) is 13.4. The van der Waals surface area contributed by atoms with Crippen molar-refractivity contribution in [3.63, 3.8) is 0 Å². The second kappa shape index (κ2) is 5.78. The first-order chi connectivity index (χ1) is 10.3. The van der Waals surface area contributed by atoms with E-state index in [0.29, 0.717) is 11.6 Å². The molecule has 0 fully saturated rings. The number of benzene rings is 1. The van der Waals surface area contributed by atoms with E-state index in [2.05, 4.69) is 61.8 Å². The van der Waals surface area contributed by atoms with E-state index >= 15 is 0 Å².